The number of carboxylic acids is 1. The number of nitrogens with zero attached hydrogens (tertiary/aromatic N) is 3. The van der Waals surface area contributed by atoms with Crippen LogP contribution in [0.25, 0.3) is 0 Å². The van der Waals surface area contributed by atoms with Gasteiger partial charge in [-0.15, -0.1) is 0 Å². The van der Waals surface area contributed by atoms with Crippen LogP contribution < -0.4 is 10.3 Å². The Hall–Kier alpha value is -2.64. The molecule has 3 heterocycles. The van der Waals surface area contributed by atoms with Crippen LogP contribution in [0.2, 0.25) is 0 Å². The fraction of sp³-hybridized carbons (Fsp3) is 0.478. The minimum absolute atomic E-state index is 0.0746. The van der Waals surface area contributed by atoms with E-state index < -0.39 is 5.97 Å². The molecule has 2 bridgehead atoms. The number of aliphatic carboxylic acids is 1. The molecule has 30 heavy (non-hydrogen) atoms. The number of carboxylic acid groups (broad SMARTS) is 1. The van der Waals surface area contributed by atoms with E-state index in [2.05, 4.69) is 11.0 Å². The highest BCUT2D eigenvalue weighted by molar-refractivity contribution is 5.69. The number of carbonyl (C=O) groups is 1. The number of hydrogen-bond donors (Lipinski definition) is 1. The molecule has 160 valence electrons. The van der Waals surface area contributed by atoms with E-state index in [0.29, 0.717) is 32.2 Å². The number of fused-ring (bicyclic) bond motifs is 4. The van der Waals surface area contributed by atoms with Gasteiger partial charge in [0.1, 0.15) is 12.4 Å². The van der Waals surface area contributed by atoms with Crippen LogP contribution in [0.15, 0.2) is 47.3 Å². The van der Waals surface area contributed by atoms with Crippen LogP contribution in [-0.4, -0.2) is 65.3 Å². The first kappa shape index (κ1) is 20.6. The van der Waals surface area contributed by atoms with E-state index in [9.17, 15) is 9.59 Å². The number of aromatic nitrogens is 1. The van der Waals surface area contributed by atoms with E-state index >= 15 is 0 Å². The quantitative estimate of drug-likeness (QED) is 0.715. The zero-order chi connectivity index (χ0) is 21.1. The van der Waals surface area contributed by atoms with Crippen molar-refractivity contribution >= 4 is 5.97 Å². The van der Waals surface area contributed by atoms with E-state index in [4.69, 9.17) is 9.84 Å². The van der Waals surface area contributed by atoms with Gasteiger partial charge in [0.15, 0.2) is 0 Å². The van der Waals surface area contributed by atoms with Crippen molar-refractivity contribution in [1.82, 2.24) is 14.4 Å². The lowest BCUT2D eigenvalue weighted by Gasteiger charge is -2.42. The molecular weight excluding hydrogens is 382 g/mol. The third-order valence-electron chi connectivity index (χ3n) is 6.04. The van der Waals surface area contributed by atoms with Crippen molar-refractivity contribution in [2.75, 3.05) is 39.8 Å². The van der Waals surface area contributed by atoms with E-state index in [1.807, 2.05) is 52.9 Å². The average Bonchev–Trinajstić information content (AvgIpc) is 2.71. The van der Waals surface area contributed by atoms with Crippen LogP contribution in [0.4, 0.5) is 0 Å². The molecule has 0 spiro atoms. The number of pyridine rings is 1. The molecule has 4 rings (SSSR count). The number of para-hydroxylation sites is 1. The molecule has 2 aromatic rings. The second-order valence-corrected chi connectivity index (χ2v) is 8.48. The first-order chi connectivity index (χ1) is 14.5. The Kier molecular flexibility index (Phi) is 6.20. The number of ether oxygens (including phenoxy) is 1. The maximum atomic E-state index is 13.1. The zero-order valence-electron chi connectivity index (χ0n) is 17.4. The third-order valence-corrected chi connectivity index (χ3v) is 6.04. The maximum absolute atomic E-state index is 13.1. The SMILES string of the molecule is CN(CCOc1ccccc1)Cc1ccc2n(c1=O)C[C@H]1C[C@@H]2CN(CC(=O)O)C1. The lowest BCUT2D eigenvalue weighted by atomic mass is 9.83. The predicted molar refractivity (Wildman–Crippen MR) is 114 cm³/mol. The normalized spacial score (nSPS) is 20.7. The molecule has 1 saturated heterocycles. The molecule has 7 nitrogen and oxygen atoms in total. The van der Waals surface area contributed by atoms with Crippen molar-refractivity contribution in [3.05, 3.63) is 64.1 Å². The molecule has 2 aliphatic rings. The first-order valence-electron chi connectivity index (χ1n) is 10.5. The van der Waals surface area contributed by atoms with Gasteiger partial charge in [-0.3, -0.25) is 19.4 Å². The van der Waals surface area contributed by atoms with E-state index in [-0.39, 0.29) is 18.0 Å². The molecule has 1 aromatic heterocycles. The topological polar surface area (TPSA) is 75.0 Å². The molecule has 0 aliphatic carbocycles. The lowest BCUT2D eigenvalue weighted by molar-refractivity contribution is -0.139. The molecule has 1 aromatic carbocycles. The first-order valence-corrected chi connectivity index (χ1v) is 10.5. The van der Waals surface area contributed by atoms with Gasteiger partial charge in [-0.05, 0) is 37.6 Å². The van der Waals surface area contributed by atoms with E-state index in [1.165, 1.54) is 0 Å². The van der Waals surface area contributed by atoms with Crippen molar-refractivity contribution in [3.8, 4) is 5.75 Å². The van der Waals surface area contributed by atoms with Gasteiger partial charge in [-0.25, -0.2) is 0 Å². The Morgan fingerprint density at radius 3 is 2.73 bits per heavy atom. The summed E-state index contributed by atoms with van der Waals surface area (Å²) in [4.78, 5) is 28.3. The number of likely N-dealkylation sites (N-methyl/N-ethyl adjacent to an activating group) is 1. The standard InChI is InChI=1S/C23H29N3O4/c1-24(9-10-30-20-5-3-2-4-6-20)14-18-7-8-21-19-11-17(13-26(21)23(18)29)12-25(15-19)16-22(27)28/h2-8,17,19H,9-16H2,1H3,(H,27,28)/t17-,19+/m0/s1. The summed E-state index contributed by atoms with van der Waals surface area (Å²) in [5, 5.41) is 9.10. The summed E-state index contributed by atoms with van der Waals surface area (Å²) in [7, 11) is 2.00. The van der Waals surface area contributed by atoms with Crippen LogP contribution >= 0.6 is 0 Å². The van der Waals surface area contributed by atoms with Gasteiger partial charge in [0.25, 0.3) is 5.56 Å². The smallest absolute Gasteiger partial charge is 0.317 e. The average molecular weight is 412 g/mol. The second-order valence-electron chi connectivity index (χ2n) is 8.48. The second kappa shape index (κ2) is 9.02. The number of hydrogen-bond acceptors (Lipinski definition) is 5. The van der Waals surface area contributed by atoms with Crippen molar-refractivity contribution in [2.24, 2.45) is 5.92 Å². The van der Waals surface area contributed by atoms with Gasteiger partial charge < -0.3 is 14.4 Å². The van der Waals surface area contributed by atoms with Crippen molar-refractivity contribution in [3.63, 3.8) is 0 Å². The van der Waals surface area contributed by atoms with Crippen LogP contribution in [0, 0.1) is 5.92 Å². The largest absolute Gasteiger partial charge is 0.492 e. The van der Waals surface area contributed by atoms with Crippen molar-refractivity contribution in [2.45, 2.75) is 25.4 Å². The van der Waals surface area contributed by atoms with Crippen LogP contribution in [0.3, 0.4) is 0 Å². The highest BCUT2D eigenvalue weighted by Gasteiger charge is 2.35. The highest BCUT2D eigenvalue weighted by Crippen LogP contribution is 2.35. The maximum Gasteiger partial charge on any atom is 0.317 e. The molecule has 0 unspecified atom stereocenters. The molecular formula is C23H29N3O4. The molecule has 2 atom stereocenters. The Bertz CT molecular complexity index is 943. The van der Waals surface area contributed by atoms with Gasteiger partial charge >= 0.3 is 5.97 Å². The molecule has 1 fully saturated rings. The van der Waals surface area contributed by atoms with Crippen LogP contribution in [0.1, 0.15) is 23.6 Å². The molecule has 7 heteroatoms. The Balaban J connectivity index is 1.39. The summed E-state index contributed by atoms with van der Waals surface area (Å²) < 4.78 is 7.68. The number of benzene rings is 1. The van der Waals surface area contributed by atoms with Gasteiger partial charge in [0, 0.05) is 49.9 Å². The third kappa shape index (κ3) is 4.74. The molecule has 0 radical (unpaired) electrons. The Morgan fingerprint density at radius 2 is 1.97 bits per heavy atom. The fourth-order valence-electron chi connectivity index (χ4n) is 4.74. The summed E-state index contributed by atoms with van der Waals surface area (Å²) in [5.74, 6) is 0.626. The van der Waals surface area contributed by atoms with Crippen molar-refractivity contribution < 1.29 is 14.6 Å². The lowest BCUT2D eigenvalue weighted by Crippen LogP contribution is -2.48. The van der Waals surface area contributed by atoms with Crippen LogP contribution in [0.5, 0.6) is 5.75 Å². The highest BCUT2D eigenvalue weighted by atomic mass is 16.5. The summed E-state index contributed by atoms with van der Waals surface area (Å²) in [5.41, 5.74) is 1.93. The Labute approximate surface area is 176 Å². The summed E-state index contributed by atoms with van der Waals surface area (Å²) in [6, 6.07) is 13.7. The van der Waals surface area contributed by atoms with Crippen molar-refractivity contribution in [1.29, 1.82) is 0 Å². The minimum Gasteiger partial charge on any atom is -0.492 e. The van der Waals surface area contributed by atoms with Crippen LogP contribution in [-0.2, 0) is 17.9 Å². The number of piperidine rings is 1. The zero-order valence-corrected chi connectivity index (χ0v) is 17.4. The van der Waals surface area contributed by atoms with Gasteiger partial charge in [0.05, 0.1) is 6.54 Å². The molecule has 0 saturated carbocycles. The molecule has 0 amide bonds. The van der Waals surface area contributed by atoms with Gasteiger partial charge in [0.2, 0.25) is 0 Å². The number of likely N-dealkylation sites (tertiary alicyclic amines) is 1. The number of rotatable bonds is 8. The Morgan fingerprint density at radius 1 is 1.17 bits per heavy atom. The summed E-state index contributed by atoms with van der Waals surface area (Å²) >= 11 is 0. The molecule has 2 aliphatic heterocycles. The predicted octanol–water partition coefficient (Wildman–Crippen LogP) is 1.86. The summed E-state index contributed by atoms with van der Waals surface area (Å²) in [6.07, 6.45) is 1.03. The minimum atomic E-state index is -0.790. The van der Waals surface area contributed by atoms with Gasteiger partial charge in [-0.1, -0.05) is 24.3 Å². The monoisotopic (exact) mass is 411 g/mol. The van der Waals surface area contributed by atoms with E-state index in [1.54, 1.807) is 0 Å². The van der Waals surface area contributed by atoms with Gasteiger partial charge in [-0.2, -0.15) is 0 Å². The fourth-order valence-corrected chi connectivity index (χ4v) is 4.74. The molecule has 1 N–H and O–H groups in total. The summed E-state index contributed by atoms with van der Waals surface area (Å²) in [6.45, 7) is 4.08. The van der Waals surface area contributed by atoms with E-state index in [0.717, 1.165) is 36.5 Å².